The molecule has 0 heterocycles. The third kappa shape index (κ3) is 6.99. The largest absolute Gasteiger partial charge is 0.497 e. The van der Waals surface area contributed by atoms with Gasteiger partial charge >= 0.3 is 0 Å². The summed E-state index contributed by atoms with van der Waals surface area (Å²) in [7, 11) is 5.22. The standard InChI is InChI=1S/C22H37N3O3/c1-23-21(24-14-7-15-28-17-16-26-2)25-18-22(12-5-4-6-13-22)19-8-10-20(27-3)11-9-19/h8-11H,4-7,12-18H2,1-3H3,(H2,23,24,25). The van der Waals surface area contributed by atoms with Gasteiger partial charge in [-0.2, -0.15) is 0 Å². The summed E-state index contributed by atoms with van der Waals surface area (Å²) >= 11 is 0. The van der Waals surface area contributed by atoms with Gasteiger partial charge in [-0.05, 0) is 37.0 Å². The number of hydrogen-bond donors (Lipinski definition) is 2. The van der Waals surface area contributed by atoms with Crippen molar-refractivity contribution < 1.29 is 14.2 Å². The second-order valence-corrected chi connectivity index (χ2v) is 7.38. The zero-order valence-electron chi connectivity index (χ0n) is 17.8. The first-order chi connectivity index (χ1) is 13.7. The molecule has 0 aliphatic heterocycles. The van der Waals surface area contributed by atoms with Crippen molar-refractivity contribution >= 4 is 5.96 Å². The Morgan fingerprint density at radius 1 is 1.00 bits per heavy atom. The second-order valence-electron chi connectivity index (χ2n) is 7.38. The molecule has 6 nitrogen and oxygen atoms in total. The average molecular weight is 392 g/mol. The van der Waals surface area contributed by atoms with Gasteiger partial charge in [0, 0.05) is 39.3 Å². The molecule has 1 aliphatic rings. The smallest absolute Gasteiger partial charge is 0.191 e. The van der Waals surface area contributed by atoms with Crippen LogP contribution in [0.5, 0.6) is 5.75 Å². The van der Waals surface area contributed by atoms with Crippen LogP contribution in [-0.4, -0.2) is 60.1 Å². The van der Waals surface area contributed by atoms with Crippen LogP contribution in [0.3, 0.4) is 0 Å². The zero-order valence-corrected chi connectivity index (χ0v) is 17.8. The molecule has 0 amide bonds. The fourth-order valence-electron chi connectivity index (χ4n) is 3.84. The maximum absolute atomic E-state index is 5.50. The molecule has 0 bridgehead atoms. The van der Waals surface area contributed by atoms with Crippen LogP contribution in [0, 0.1) is 0 Å². The van der Waals surface area contributed by atoms with Crippen molar-refractivity contribution in [2.45, 2.75) is 43.9 Å². The number of rotatable bonds is 11. The molecule has 158 valence electrons. The minimum atomic E-state index is 0.158. The molecule has 28 heavy (non-hydrogen) atoms. The van der Waals surface area contributed by atoms with E-state index < -0.39 is 0 Å². The van der Waals surface area contributed by atoms with Crippen molar-refractivity contribution in [3.63, 3.8) is 0 Å². The minimum Gasteiger partial charge on any atom is -0.497 e. The van der Waals surface area contributed by atoms with E-state index in [0.29, 0.717) is 13.2 Å². The van der Waals surface area contributed by atoms with Crippen LogP contribution >= 0.6 is 0 Å². The highest BCUT2D eigenvalue weighted by atomic mass is 16.5. The lowest BCUT2D eigenvalue weighted by molar-refractivity contribution is 0.0698. The summed E-state index contributed by atoms with van der Waals surface area (Å²) in [5, 5.41) is 6.96. The molecule has 2 rings (SSSR count). The first-order valence-corrected chi connectivity index (χ1v) is 10.4. The SMILES string of the molecule is CN=C(NCCCOCCOC)NCC1(c2ccc(OC)cc2)CCCCC1. The highest BCUT2D eigenvalue weighted by Gasteiger charge is 2.34. The van der Waals surface area contributed by atoms with E-state index in [1.54, 1.807) is 14.2 Å². The molecule has 1 fully saturated rings. The molecule has 1 aromatic rings. The van der Waals surface area contributed by atoms with Crippen molar-refractivity contribution in [1.82, 2.24) is 10.6 Å². The van der Waals surface area contributed by atoms with Crippen LogP contribution in [0.4, 0.5) is 0 Å². The molecule has 2 N–H and O–H groups in total. The van der Waals surface area contributed by atoms with E-state index in [9.17, 15) is 0 Å². The van der Waals surface area contributed by atoms with Crippen LogP contribution in [0.1, 0.15) is 44.1 Å². The first-order valence-electron chi connectivity index (χ1n) is 10.4. The Bertz CT molecular complexity index is 569. The van der Waals surface area contributed by atoms with E-state index in [1.165, 1.54) is 37.7 Å². The Hall–Kier alpha value is -1.79. The van der Waals surface area contributed by atoms with Crippen molar-refractivity contribution in [3.8, 4) is 5.75 Å². The molecule has 6 heteroatoms. The van der Waals surface area contributed by atoms with Gasteiger partial charge in [0.25, 0.3) is 0 Å². The Morgan fingerprint density at radius 2 is 1.75 bits per heavy atom. The van der Waals surface area contributed by atoms with E-state index in [4.69, 9.17) is 14.2 Å². The Labute approximate surface area is 170 Å². The number of methoxy groups -OCH3 is 2. The average Bonchev–Trinajstić information content (AvgIpc) is 2.76. The van der Waals surface area contributed by atoms with Crippen molar-refractivity contribution in [1.29, 1.82) is 0 Å². The molecular weight excluding hydrogens is 354 g/mol. The van der Waals surface area contributed by atoms with Gasteiger partial charge in [-0.1, -0.05) is 31.4 Å². The summed E-state index contributed by atoms with van der Waals surface area (Å²) in [6.07, 6.45) is 7.23. The van der Waals surface area contributed by atoms with Crippen LogP contribution < -0.4 is 15.4 Å². The van der Waals surface area contributed by atoms with Gasteiger partial charge < -0.3 is 24.8 Å². The number of aliphatic imine (C=N–C) groups is 1. The summed E-state index contributed by atoms with van der Waals surface area (Å²) in [4.78, 5) is 4.39. The third-order valence-electron chi connectivity index (χ3n) is 5.52. The fourth-order valence-corrected chi connectivity index (χ4v) is 3.84. The van der Waals surface area contributed by atoms with E-state index in [0.717, 1.165) is 37.8 Å². The molecule has 0 atom stereocenters. The Morgan fingerprint density at radius 3 is 2.39 bits per heavy atom. The van der Waals surface area contributed by atoms with E-state index in [1.807, 2.05) is 7.05 Å². The van der Waals surface area contributed by atoms with Crippen molar-refractivity contribution in [2.24, 2.45) is 4.99 Å². The van der Waals surface area contributed by atoms with Gasteiger partial charge in [-0.25, -0.2) is 0 Å². The lowest BCUT2D eigenvalue weighted by atomic mass is 9.69. The summed E-state index contributed by atoms with van der Waals surface area (Å²) in [5.41, 5.74) is 1.55. The molecule has 1 saturated carbocycles. The van der Waals surface area contributed by atoms with Gasteiger partial charge in [0.1, 0.15) is 5.75 Å². The summed E-state index contributed by atoms with van der Waals surface area (Å²) < 4.78 is 15.8. The predicted molar refractivity (Wildman–Crippen MR) is 114 cm³/mol. The Kier molecular flexibility index (Phi) is 10.1. The molecule has 0 radical (unpaired) electrons. The number of guanidine groups is 1. The van der Waals surface area contributed by atoms with Crippen LogP contribution in [-0.2, 0) is 14.9 Å². The summed E-state index contributed by atoms with van der Waals surface area (Å²) in [6, 6.07) is 8.59. The molecular formula is C22H37N3O3. The van der Waals surface area contributed by atoms with Crippen molar-refractivity contribution in [2.75, 3.05) is 54.2 Å². The van der Waals surface area contributed by atoms with Crippen LogP contribution in [0.15, 0.2) is 29.3 Å². The van der Waals surface area contributed by atoms with Crippen LogP contribution in [0.25, 0.3) is 0 Å². The van der Waals surface area contributed by atoms with E-state index in [2.05, 4.69) is 39.9 Å². The van der Waals surface area contributed by atoms with Crippen LogP contribution in [0.2, 0.25) is 0 Å². The maximum Gasteiger partial charge on any atom is 0.191 e. The van der Waals surface area contributed by atoms with Crippen molar-refractivity contribution in [3.05, 3.63) is 29.8 Å². The lowest BCUT2D eigenvalue weighted by Crippen LogP contribution is -2.46. The van der Waals surface area contributed by atoms with Gasteiger partial charge in [0.05, 0.1) is 20.3 Å². The molecule has 0 spiro atoms. The fraction of sp³-hybridized carbons (Fsp3) is 0.682. The Balaban J connectivity index is 1.85. The monoisotopic (exact) mass is 391 g/mol. The molecule has 1 aromatic carbocycles. The highest BCUT2D eigenvalue weighted by molar-refractivity contribution is 5.79. The predicted octanol–water partition coefficient (Wildman–Crippen LogP) is 3.12. The van der Waals surface area contributed by atoms with Gasteiger partial charge in [-0.15, -0.1) is 0 Å². The normalized spacial score (nSPS) is 16.6. The number of ether oxygens (including phenoxy) is 3. The molecule has 0 aromatic heterocycles. The number of hydrogen-bond acceptors (Lipinski definition) is 4. The van der Waals surface area contributed by atoms with Gasteiger partial charge in [0.15, 0.2) is 5.96 Å². The summed E-state index contributed by atoms with van der Waals surface area (Å²) in [6.45, 7) is 3.74. The maximum atomic E-state index is 5.50. The second kappa shape index (κ2) is 12.6. The minimum absolute atomic E-state index is 0.158. The summed E-state index contributed by atoms with van der Waals surface area (Å²) in [5.74, 6) is 1.77. The van der Waals surface area contributed by atoms with E-state index >= 15 is 0 Å². The quantitative estimate of drug-likeness (QED) is 0.345. The number of benzene rings is 1. The first kappa shape index (κ1) is 22.5. The highest BCUT2D eigenvalue weighted by Crippen LogP contribution is 2.39. The zero-order chi connectivity index (χ0) is 20.1. The number of nitrogens with one attached hydrogen (secondary N) is 2. The molecule has 0 saturated heterocycles. The molecule has 0 unspecified atom stereocenters. The van der Waals surface area contributed by atoms with Gasteiger partial charge in [-0.3, -0.25) is 4.99 Å². The number of nitrogens with zero attached hydrogens (tertiary/aromatic N) is 1. The molecule has 1 aliphatic carbocycles. The van der Waals surface area contributed by atoms with E-state index in [-0.39, 0.29) is 5.41 Å². The van der Waals surface area contributed by atoms with Gasteiger partial charge in [0.2, 0.25) is 0 Å². The lowest BCUT2D eigenvalue weighted by Gasteiger charge is -2.38. The third-order valence-corrected chi connectivity index (χ3v) is 5.52. The topological polar surface area (TPSA) is 64.1 Å².